The average molecular weight is 348 g/mol. The van der Waals surface area contributed by atoms with E-state index in [1.54, 1.807) is 7.11 Å². The zero-order valence-electron chi connectivity index (χ0n) is 11.4. The topological polar surface area (TPSA) is 18.5 Å². The molecule has 0 bridgehead atoms. The number of benzene rings is 1. The quantitative estimate of drug-likeness (QED) is 0.697. The summed E-state index contributed by atoms with van der Waals surface area (Å²) < 4.78 is 11.6. The Morgan fingerprint density at radius 2 is 2.16 bits per heavy atom. The molecule has 2 rings (SSSR count). The van der Waals surface area contributed by atoms with E-state index < -0.39 is 0 Å². The van der Waals surface area contributed by atoms with Crippen LogP contribution < -0.4 is 9.47 Å². The van der Waals surface area contributed by atoms with Gasteiger partial charge >= 0.3 is 0 Å². The third kappa shape index (κ3) is 3.79. The van der Waals surface area contributed by atoms with E-state index in [9.17, 15) is 0 Å². The Kier molecular flexibility index (Phi) is 5.40. The fraction of sp³-hybridized carbons (Fsp3) is 0.600. The lowest BCUT2D eigenvalue weighted by molar-refractivity contribution is 0.124. The summed E-state index contributed by atoms with van der Waals surface area (Å²) >= 11 is 9.58. The molecule has 2 unspecified atom stereocenters. The van der Waals surface area contributed by atoms with Crippen LogP contribution in [0.5, 0.6) is 11.5 Å². The van der Waals surface area contributed by atoms with Crippen LogP contribution in [0.25, 0.3) is 0 Å². The highest BCUT2D eigenvalue weighted by molar-refractivity contribution is 9.08. The molecule has 0 N–H and O–H groups in total. The molecule has 2 nitrogen and oxygen atoms in total. The SMILES string of the molecule is COc1cc(Cl)cc(CBr)c1OC1CCCC(C)C1. The highest BCUT2D eigenvalue weighted by atomic mass is 79.9. The molecule has 0 amide bonds. The molecular formula is C15H20BrClO2. The number of methoxy groups -OCH3 is 1. The monoisotopic (exact) mass is 346 g/mol. The number of ether oxygens (including phenoxy) is 2. The lowest BCUT2D eigenvalue weighted by Gasteiger charge is -2.28. The van der Waals surface area contributed by atoms with Crippen LogP contribution >= 0.6 is 27.5 Å². The van der Waals surface area contributed by atoms with Crippen molar-refractivity contribution in [2.75, 3.05) is 7.11 Å². The van der Waals surface area contributed by atoms with E-state index >= 15 is 0 Å². The van der Waals surface area contributed by atoms with Crippen LogP contribution in [0, 0.1) is 5.92 Å². The maximum Gasteiger partial charge on any atom is 0.165 e. The van der Waals surface area contributed by atoms with Gasteiger partial charge in [0.25, 0.3) is 0 Å². The Balaban J connectivity index is 2.22. The van der Waals surface area contributed by atoms with Gasteiger partial charge in [-0.2, -0.15) is 0 Å². The molecule has 0 heterocycles. The Labute approximate surface area is 128 Å². The molecule has 0 aromatic heterocycles. The van der Waals surface area contributed by atoms with Crippen LogP contribution in [0.4, 0.5) is 0 Å². The second-order valence-electron chi connectivity index (χ2n) is 5.24. The van der Waals surface area contributed by atoms with Crippen LogP contribution in [0.2, 0.25) is 5.02 Å². The number of hydrogen-bond acceptors (Lipinski definition) is 2. The molecule has 1 aliphatic carbocycles. The van der Waals surface area contributed by atoms with Gasteiger partial charge in [0.05, 0.1) is 13.2 Å². The van der Waals surface area contributed by atoms with E-state index in [0.29, 0.717) is 10.4 Å². The molecule has 1 aliphatic rings. The van der Waals surface area contributed by atoms with Gasteiger partial charge in [-0.15, -0.1) is 0 Å². The maximum atomic E-state index is 6.21. The molecule has 0 radical (unpaired) electrons. The highest BCUT2D eigenvalue weighted by Gasteiger charge is 2.23. The number of alkyl halides is 1. The van der Waals surface area contributed by atoms with Crippen molar-refractivity contribution < 1.29 is 9.47 Å². The maximum absolute atomic E-state index is 6.21. The van der Waals surface area contributed by atoms with E-state index in [1.165, 1.54) is 12.8 Å². The fourth-order valence-electron chi connectivity index (χ4n) is 2.66. The van der Waals surface area contributed by atoms with Crippen molar-refractivity contribution in [3.8, 4) is 11.5 Å². The first-order chi connectivity index (χ1) is 9.13. The van der Waals surface area contributed by atoms with Gasteiger partial charge in [0.15, 0.2) is 11.5 Å². The van der Waals surface area contributed by atoms with Crippen LogP contribution in [0.3, 0.4) is 0 Å². The normalized spacial score (nSPS) is 23.2. The molecule has 1 aromatic rings. The molecule has 1 aromatic carbocycles. The smallest absolute Gasteiger partial charge is 0.165 e. The molecule has 0 spiro atoms. The Hall–Kier alpha value is -0.410. The minimum absolute atomic E-state index is 0.289. The van der Waals surface area contributed by atoms with E-state index in [2.05, 4.69) is 22.9 Å². The summed E-state index contributed by atoms with van der Waals surface area (Å²) in [5.74, 6) is 2.30. The molecule has 0 aliphatic heterocycles. The van der Waals surface area contributed by atoms with Crippen molar-refractivity contribution >= 4 is 27.5 Å². The second kappa shape index (κ2) is 6.85. The van der Waals surface area contributed by atoms with Crippen molar-refractivity contribution in [3.05, 3.63) is 22.7 Å². The predicted octanol–water partition coefficient (Wildman–Crippen LogP) is 5.20. The molecule has 106 valence electrons. The van der Waals surface area contributed by atoms with Gasteiger partial charge in [-0.1, -0.05) is 40.9 Å². The lowest BCUT2D eigenvalue weighted by atomic mass is 9.88. The first-order valence-electron chi connectivity index (χ1n) is 6.73. The van der Waals surface area contributed by atoms with E-state index in [0.717, 1.165) is 35.8 Å². The summed E-state index contributed by atoms with van der Waals surface area (Å²) in [5, 5.41) is 1.39. The Morgan fingerprint density at radius 1 is 1.37 bits per heavy atom. The van der Waals surface area contributed by atoms with Gasteiger partial charge in [0.2, 0.25) is 0 Å². The summed E-state index contributed by atoms with van der Waals surface area (Å²) in [6, 6.07) is 3.75. The van der Waals surface area contributed by atoms with Crippen LogP contribution in [-0.4, -0.2) is 13.2 Å². The molecule has 0 saturated heterocycles. The van der Waals surface area contributed by atoms with Gasteiger partial charge in [0, 0.05) is 22.0 Å². The molecular weight excluding hydrogens is 328 g/mol. The third-order valence-electron chi connectivity index (χ3n) is 3.63. The molecule has 4 heteroatoms. The van der Waals surface area contributed by atoms with Crippen LogP contribution in [0.1, 0.15) is 38.2 Å². The second-order valence-corrected chi connectivity index (χ2v) is 6.24. The van der Waals surface area contributed by atoms with Gasteiger partial charge in [-0.05, 0) is 31.2 Å². The summed E-state index contributed by atoms with van der Waals surface area (Å²) in [7, 11) is 1.65. The summed E-state index contributed by atoms with van der Waals surface area (Å²) in [6.07, 6.45) is 5.08. The lowest BCUT2D eigenvalue weighted by Crippen LogP contribution is -2.24. The molecule has 1 saturated carbocycles. The number of hydrogen-bond donors (Lipinski definition) is 0. The van der Waals surface area contributed by atoms with E-state index in [4.69, 9.17) is 21.1 Å². The zero-order chi connectivity index (χ0) is 13.8. The van der Waals surface area contributed by atoms with Gasteiger partial charge in [-0.3, -0.25) is 0 Å². The number of rotatable bonds is 4. The fourth-order valence-corrected chi connectivity index (χ4v) is 3.31. The summed E-state index contributed by atoms with van der Waals surface area (Å²) in [4.78, 5) is 0. The van der Waals surface area contributed by atoms with Crippen molar-refractivity contribution in [3.63, 3.8) is 0 Å². The van der Waals surface area contributed by atoms with Crippen LogP contribution in [-0.2, 0) is 5.33 Å². The molecule has 1 fully saturated rings. The number of halogens is 2. The average Bonchev–Trinajstić information content (AvgIpc) is 2.40. The summed E-state index contributed by atoms with van der Waals surface area (Å²) in [6.45, 7) is 2.29. The highest BCUT2D eigenvalue weighted by Crippen LogP contribution is 2.38. The minimum atomic E-state index is 0.289. The van der Waals surface area contributed by atoms with Crippen molar-refractivity contribution in [2.24, 2.45) is 5.92 Å². The third-order valence-corrected chi connectivity index (χ3v) is 4.46. The van der Waals surface area contributed by atoms with E-state index in [-0.39, 0.29) is 6.10 Å². The Morgan fingerprint density at radius 3 is 2.79 bits per heavy atom. The zero-order valence-corrected chi connectivity index (χ0v) is 13.8. The van der Waals surface area contributed by atoms with Crippen LogP contribution in [0.15, 0.2) is 12.1 Å². The summed E-state index contributed by atoms with van der Waals surface area (Å²) in [5.41, 5.74) is 1.04. The van der Waals surface area contributed by atoms with E-state index in [1.807, 2.05) is 12.1 Å². The van der Waals surface area contributed by atoms with Gasteiger partial charge < -0.3 is 9.47 Å². The van der Waals surface area contributed by atoms with Crippen molar-refractivity contribution in [1.29, 1.82) is 0 Å². The van der Waals surface area contributed by atoms with Crippen molar-refractivity contribution in [2.45, 2.75) is 44.0 Å². The molecule has 19 heavy (non-hydrogen) atoms. The minimum Gasteiger partial charge on any atom is -0.493 e. The van der Waals surface area contributed by atoms with Crippen molar-refractivity contribution in [1.82, 2.24) is 0 Å². The first-order valence-corrected chi connectivity index (χ1v) is 8.23. The van der Waals surface area contributed by atoms with Gasteiger partial charge in [-0.25, -0.2) is 0 Å². The predicted molar refractivity (Wildman–Crippen MR) is 82.7 cm³/mol. The first kappa shape index (κ1) is 15.0. The molecule has 2 atom stereocenters. The Bertz CT molecular complexity index is 411. The largest absolute Gasteiger partial charge is 0.493 e. The standard InChI is InChI=1S/C15H20BrClO2/c1-10-4-3-5-13(6-10)19-15-11(9-16)7-12(17)8-14(15)18-2/h7-8,10,13H,3-6,9H2,1-2H3. The van der Waals surface area contributed by atoms with Gasteiger partial charge in [0.1, 0.15) is 0 Å².